The zero-order chi connectivity index (χ0) is 14.0. The average Bonchev–Trinajstić information content (AvgIpc) is 3.19. The van der Waals surface area contributed by atoms with Gasteiger partial charge in [0.25, 0.3) is 0 Å². The van der Waals surface area contributed by atoms with E-state index in [2.05, 4.69) is 0 Å². The van der Waals surface area contributed by atoms with Crippen LogP contribution in [0.3, 0.4) is 0 Å². The largest absolute Gasteiger partial charge is 0.480 e. The lowest BCUT2D eigenvalue weighted by atomic mass is 10.1. The fraction of sp³-hybridized carbons (Fsp3) is 0.429. The topological polar surface area (TPSA) is 64.3 Å². The standard InChI is InChI=1S/C14H15ClN2O2/c1-9(14(18)19)17(8-10-2-3-10)12-5-4-11(7-16)13(15)6-12/h4-6,9-10H,2-3,8H2,1H3,(H,18,19). The first-order chi connectivity index (χ1) is 9.02. The van der Waals surface area contributed by atoms with Gasteiger partial charge in [0.2, 0.25) is 0 Å². The Hall–Kier alpha value is -1.73. The third-order valence-electron chi connectivity index (χ3n) is 3.38. The molecule has 1 unspecified atom stereocenters. The average molecular weight is 279 g/mol. The molecule has 4 nitrogen and oxygen atoms in total. The molecule has 1 saturated carbocycles. The van der Waals surface area contributed by atoms with Gasteiger partial charge in [0, 0.05) is 12.2 Å². The molecule has 100 valence electrons. The summed E-state index contributed by atoms with van der Waals surface area (Å²) in [6.45, 7) is 2.38. The lowest BCUT2D eigenvalue weighted by Gasteiger charge is -2.29. The van der Waals surface area contributed by atoms with Crippen LogP contribution in [0.25, 0.3) is 0 Å². The molecule has 1 fully saturated rings. The highest BCUT2D eigenvalue weighted by atomic mass is 35.5. The number of halogens is 1. The Morgan fingerprint density at radius 3 is 2.79 bits per heavy atom. The van der Waals surface area contributed by atoms with Crippen molar-refractivity contribution in [2.24, 2.45) is 5.92 Å². The number of hydrogen-bond acceptors (Lipinski definition) is 3. The first kappa shape index (κ1) is 13.7. The van der Waals surface area contributed by atoms with Crippen molar-refractivity contribution in [1.82, 2.24) is 0 Å². The van der Waals surface area contributed by atoms with E-state index < -0.39 is 12.0 Å². The second-order valence-corrected chi connectivity index (χ2v) is 5.29. The Bertz CT molecular complexity index is 535. The SMILES string of the molecule is CC(C(=O)O)N(CC1CC1)c1ccc(C#N)c(Cl)c1. The molecule has 0 spiro atoms. The molecule has 0 aromatic heterocycles. The monoisotopic (exact) mass is 278 g/mol. The molecule has 19 heavy (non-hydrogen) atoms. The molecule has 0 radical (unpaired) electrons. The van der Waals surface area contributed by atoms with Crippen molar-refractivity contribution in [2.45, 2.75) is 25.8 Å². The first-order valence-electron chi connectivity index (χ1n) is 6.22. The van der Waals surface area contributed by atoms with Crippen LogP contribution in [0, 0.1) is 17.2 Å². The second-order valence-electron chi connectivity index (χ2n) is 4.89. The Labute approximate surface area is 117 Å². The molecule has 1 aliphatic carbocycles. The van der Waals surface area contributed by atoms with E-state index in [0.29, 0.717) is 16.5 Å². The number of nitriles is 1. The van der Waals surface area contributed by atoms with Crippen molar-refractivity contribution >= 4 is 23.3 Å². The zero-order valence-corrected chi connectivity index (χ0v) is 11.4. The van der Waals surface area contributed by atoms with Gasteiger partial charge < -0.3 is 10.0 Å². The maximum atomic E-state index is 11.2. The van der Waals surface area contributed by atoms with E-state index >= 15 is 0 Å². The Morgan fingerprint density at radius 1 is 1.63 bits per heavy atom. The van der Waals surface area contributed by atoms with Crippen LogP contribution < -0.4 is 4.90 Å². The number of carboxylic acids is 1. The van der Waals surface area contributed by atoms with E-state index in [4.69, 9.17) is 16.9 Å². The number of anilines is 1. The van der Waals surface area contributed by atoms with Crippen LogP contribution in [0.4, 0.5) is 5.69 Å². The molecule has 2 rings (SSSR count). The predicted octanol–water partition coefficient (Wildman–Crippen LogP) is 2.90. The minimum Gasteiger partial charge on any atom is -0.480 e. The van der Waals surface area contributed by atoms with Gasteiger partial charge in [-0.15, -0.1) is 0 Å². The van der Waals surface area contributed by atoms with Crippen molar-refractivity contribution in [3.05, 3.63) is 28.8 Å². The van der Waals surface area contributed by atoms with Gasteiger partial charge in [0.1, 0.15) is 12.1 Å². The highest BCUT2D eigenvalue weighted by Gasteiger charge is 2.29. The summed E-state index contributed by atoms with van der Waals surface area (Å²) in [5.74, 6) is -0.294. The van der Waals surface area contributed by atoms with Gasteiger partial charge in [0.05, 0.1) is 10.6 Å². The highest BCUT2D eigenvalue weighted by molar-refractivity contribution is 6.32. The van der Waals surface area contributed by atoms with Gasteiger partial charge in [-0.25, -0.2) is 4.79 Å². The maximum absolute atomic E-state index is 11.2. The molecule has 5 heteroatoms. The summed E-state index contributed by atoms with van der Waals surface area (Å²) in [6.07, 6.45) is 2.29. The van der Waals surface area contributed by atoms with E-state index in [-0.39, 0.29) is 0 Å². The molecule has 1 aromatic rings. The lowest BCUT2D eigenvalue weighted by molar-refractivity contribution is -0.138. The molecule has 0 saturated heterocycles. The zero-order valence-electron chi connectivity index (χ0n) is 10.6. The summed E-state index contributed by atoms with van der Waals surface area (Å²) in [5.41, 5.74) is 1.16. The van der Waals surface area contributed by atoms with Crippen molar-refractivity contribution in [3.8, 4) is 6.07 Å². The molecule has 1 aromatic carbocycles. The number of aliphatic carboxylic acids is 1. The van der Waals surface area contributed by atoms with E-state index in [0.717, 1.165) is 25.1 Å². The molecule has 0 heterocycles. The summed E-state index contributed by atoms with van der Waals surface area (Å²) < 4.78 is 0. The second kappa shape index (κ2) is 5.50. The predicted molar refractivity (Wildman–Crippen MR) is 73.3 cm³/mol. The molecule has 0 amide bonds. The molecule has 1 atom stereocenters. The van der Waals surface area contributed by atoms with Crippen molar-refractivity contribution < 1.29 is 9.90 Å². The van der Waals surface area contributed by atoms with Gasteiger partial charge in [0.15, 0.2) is 0 Å². The minimum atomic E-state index is -0.860. The Morgan fingerprint density at radius 2 is 2.32 bits per heavy atom. The van der Waals surface area contributed by atoms with Gasteiger partial charge >= 0.3 is 5.97 Å². The van der Waals surface area contributed by atoms with Gasteiger partial charge in [-0.05, 0) is 43.9 Å². The van der Waals surface area contributed by atoms with Crippen LogP contribution in [0.1, 0.15) is 25.3 Å². The van der Waals surface area contributed by atoms with Crippen LogP contribution in [-0.2, 0) is 4.79 Å². The van der Waals surface area contributed by atoms with Crippen LogP contribution in [-0.4, -0.2) is 23.7 Å². The Kier molecular flexibility index (Phi) is 3.96. The van der Waals surface area contributed by atoms with Crippen LogP contribution >= 0.6 is 11.6 Å². The van der Waals surface area contributed by atoms with Crippen LogP contribution in [0.2, 0.25) is 5.02 Å². The summed E-state index contributed by atoms with van der Waals surface area (Å²) in [4.78, 5) is 13.0. The number of rotatable bonds is 5. The number of nitrogens with zero attached hydrogens (tertiary/aromatic N) is 2. The summed E-state index contributed by atoms with van der Waals surface area (Å²) in [5, 5.41) is 18.4. The summed E-state index contributed by atoms with van der Waals surface area (Å²) >= 11 is 6.01. The molecule has 0 bridgehead atoms. The fourth-order valence-electron chi connectivity index (χ4n) is 1.97. The smallest absolute Gasteiger partial charge is 0.326 e. The van der Waals surface area contributed by atoms with Crippen molar-refractivity contribution in [3.63, 3.8) is 0 Å². The highest BCUT2D eigenvalue weighted by Crippen LogP contribution is 2.33. The number of hydrogen-bond donors (Lipinski definition) is 1. The summed E-state index contributed by atoms with van der Waals surface area (Å²) in [7, 11) is 0. The number of carbonyl (C=O) groups is 1. The van der Waals surface area contributed by atoms with Crippen molar-refractivity contribution in [1.29, 1.82) is 5.26 Å². The van der Waals surface area contributed by atoms with E-state index in [9.17, 15) is 9.90 Å². The van der Waals surface area contributed by atoms with E-state index in [1.165, 1.54) is 0 Å². The molecular weight excluding hydrogens is 264 g/mol. The summed E-state index contributed by atoms with van der Waals surface area (Å²) in [6, 6.07) is 6.45. The minimum absolute atomic E-state index is 0.360. The van der Waals surface area contributed by atoms with E-state index in [1.807, 2.05) is 11.0 Å². The quantitative estimate of drug-likeness (QED) is 0.899. The molecule has 1 N–H and O–H groups in total. The van der Waals surface area contributed by atoms with Gasteiger partial charge in [-0.1, -0.05) is 11.6 Å². The van der Waals surface area contributed by atoms with Gasteiger partial charge in [-0.3, -0.25) is 0 Å². The normalized spacial score (nSPS) is 15.6. The Balaban J connectivity index is 2.29. The van der Waals surface area contributed by atoms with Crippen LogP contribution in [0.5, 0.6) is 0 Å². The molecule has 1 aliphatic rings. The molecular formula is C14H15ClN2O2. The first-order valence-corrected chi connectivity index (χ1v) is 6.60. The number of carboxylic acid groups (broad SMARTS) is 1. The number of benzene rings is 1. The molecule has 0 aliphatic heterocycles. The van der Waals surface area contributed by atoms with Gasteiger partial charge in [-0.2, -0.15) is 5.26 Å². The lowest BCUT2D eigenvalue weighted by Crippen LogP contribution is -2.40. The maximum Gasteiger partial charge on any atom is 0.326 e. The van der Waals surface area contributed by atoms with Crippen LogP contribution in [0.15, 0.2) is 18.2 Å². The fourth-order valence-corrected chi connectivity index (χ4v) is 2.19. The third kappa shape index (κ3) is 3.18. The van der Waals surface area contributed by atoms with E-state index in [1.54, 1.807) is 25.1 Å². The third-order valence-corrected chi connectivity index (χ3v) is 3.69. The van der Waals surface area contributed by atoms with Crippen molar-refractivity contribution in [2.75, 3.05) is 11.4 Å².